The third-order valence-electron chi connectivity index (χ3n) is 2.28. The molecule has 0 amide bonds. The monoisotopic (exact) mass is 249 g/mol. The molecule has 5 heteroatoms. The second-order valence-corrected chi connectivity index (χ2v) is 4.46. The lowest BCUT2D eigenvalue weighted by molar-refractivity contribution is 0.616. The lowest BCUT2D eigenvalue weighted by Gasteiger charge is -2.05. The van der Waals surface area contributed by atoms with Crippen LogP contribution in [-0.4, -0.2) is 9.97 Å². The minimum absolute atomic E-state index is 0.205. The Kier molecular flexibility index (Phi) is 4.06. The van der Waals surface area contributed by atoms with Crippen molar-refractivity contribution in [3.8, 4) is 0 Å². The normalized spacial score (nSPS) is 10.5. The van der Waals surface area contributed by atoms with Gasteiger partial charge in [0.05, 0.1) is 5.03 Å². The Morgan fingerprint density at radius 3 is 2.88 bits per heavy atom. The Balaban J connectivity index is 2.08. The number of hydrogen-bond acceptors (Lipinski definition) is 4. The van der Waals surface area contributed by atoms with E-state index in [9.17, 15) is 4.39 Å². The summed E-state index contributed by atoms with van der Waals surface area (Å²) in [5.41, 5.74) is 7.11. The molecule has 0 saturated carbocycles. The number of rotatable bonds is 4. The summed E-state index contributed by atoms with van der Waals surface area (Å²) in [6.45, 7) is 0.422. The molecule has 0 bridgehead atoms. The van der Waals surface area contributed by atoms with E-state index in [4.69, 9.17) is 5.73 Å². The van der Waals surface area contributed by atoms with Crippen LogP contribution in [0.3, 0.4) is 0 Å². The fourth-order valence-electron chi connectivity index (χ4n) is 1.38. The van der Waals surface area contributed by atoms with Gasteiger partial charge in [-0.25, -0.2) is 14.4 Å². The molecule has 88 valence electrons. The van der Waals surface area contributed by atoms with Crippen LogP contribution in [0, 0.1) is 5.82 Å². The summed E-state index contributed by atoms with van der Waals surface area (Å²) in [5, 5.41) is 0.831. The van der Waals surface area contributed by atoms with E-state index >= 15 is 0 Å². The molecule has 2 N–H and O–H groups in total. The molecule has 0 radical (unpaired) electrons. The predicted molar refractivity (Wildman–Crippen MR) is 65.9 cm³/mol. The molecule has 1 aromatic carbocycles. The average molecular weight is 249 g/mol. The predicted octanol–water partition coefficient (Wildman–Crippen LogP) is 2.37. The Hall–Kier alpha value is -1.46. The van der Waals surface area contributed by atoms with Gasteiger partial charge >= 0.3 is 0 Å². The van der Waals surface area contributed by atoms with Crippen molar-refractivity contribution in [3.63, 3.8) is 0 Å². The summed E-state index contributed by atoms with van der Waals surface area (Å²) in [4.78, 5) is 7.90. The Labute approximate surface area is 103 Å². The summed E-state index contributed by atoms with van der Waals surface area (Å²) in [6.07, 6.45) is 3.15. The number of benzene rings is 1. The van der Waals surface area contributed by atoms with Crippen LogP contribution < -0.4 is 5.73 Å². The molecule has 17 heavy (non-hydrogen) atoms. The van der Waals surface area contributed by atoms with E-state index < -0.39 is 0 Å². The second kappa shape index (κ2) is 5.75. The van der Waals surface area contributed by atoms with Crippen LogP contribution in [0.1, 0.15) is 11.1 Å². The first kappa shape index (κ1) is 12.0. The van der Waals surface area contributed by atoms with Crippen molar-refractivity contribution in [2.24, 2.45) is 5.73 Å². The van der Waals surface area contributed by atoms with Gasteiger partial charge < -0.3 is 5.73 Å². The highest BCUT2D eigenvalue weighted by Crippen LogP contribution is 2.22. The highest BCUT2D eigenvalue weighted by atomic mass is 32.2. The lowest BCUT2D eigenvalue weighted by atomic mass is 10.1. The van der Waals surface area contributed by atoms with Crippen molar-refractivity contribution in [1.82, 2.24) is 9.97 Å². The SMILES string of the molecule is NCc1ccc(F)c(CSc2ccncn2)c1. The molecule has 1 heterocycles. The van der Waals surface area contributed by atoms with Crippen molar-refractivity contribution >= 4 is 11.8 Å². The number of halogens is 1. The molecule has 1 aromatic heterocycles. The summed E-state index contributed by atoms with van der Waals surface area (Å²) in [5.74, 6) is 0.334. The van der Waals surface area contributed by atoms with E-state index in [1.165, 1.54) is 24.2 Å². The van der Waals surface area contributed by atoms with E-state index in [0.29, 0.717) is 17.9 Å². The fourth-order valence-corrected chi connectivity index (χ4v) is 2.18. The molecule has 0 fully saturated rings. The largest absolute Gasteiger partial charge is 0.326 e. The van der Waals surface area contributed by atoms with Gasteiger partial charge in [-0.15, -0.1) is 11.8 Å². The third kappa shape index (κ3) is 3.25. The van der Waals surface area contributed by atoms with Gasteiger partial charge in [-0.2, -0.15) is 0 Å². The second-order valence-electron chi connectivity index (χ2n) is 3.47. The van der Waals surface area contributed by atoms with Crippen molar-refractivity contribution in [1.29, 1.82) is 0 Å². The molecule has 0 unspecified atom stereocenters. The van der Waals surface area contributed by atoms with E-state index in [-0.39, 0.29) is 5.82 Å². The molecule has 2 rings (SSSR count). The van der Waals surface area contributed by atoms with E-state index in [1.54, 1.807) is 24.4 Å². The number of nitrogens with two attached hydrogens (primary N) is 1. The van der Waals surface area contributed by atoms with Crippen molar-refractivity contribution < 1.29 is 4.39 Å². The molecule has 0 spiro atoms. The van der Waals surface area contributed by atoms with Gasteiger partial charge in [0.25, 0.3) is 0 Å². The Bertz CT molecular complexity index is 490. The van der Waals surface area contributed by atoms with Gasteiger partial charge in [-0.05, 0) is 23.3 Å². The summed E-state index contributed by atoms with van der Waals surface area (Å²) in [7, 11) is 0. The first-order chi connectivity index (χ1) is 8.29. The van der Waals surface area contributed by atoms with Gasteiger partial charge in [-0.1, -0.05) is 12.1 Å². The molecule has 0 aliphatic heterocycles. The number of aromatic nitrogens is 2. The van der Waals surface area contributed by atoms with Gasteiger partial charge in [0, 0.05) is 18.5 Å². The maximum absolute atomic E-state index is 13.5. The van der Waals surface area contributed by atoms with Gasteiger partial charge in [0.15, 0.2) is 0 Å². The average Bonchev–Trinajstić information content (AvgIpc) is 2.39. The van der Waals surface area contributed by atoms with Crippen molar-refractivity contribution in [3.05, 3.63) is 53.7 Å². The van der Waals surface area contributed by atoms with Crippen LogP contribution in [0.5, 0.6) is 0 Å². The molecule has 0 aliphatic rings. The van der Waals surface area contributed by atoms with Crippen LogP contribution in [0.25, 0.3) is 0 Å². The number of nitrogens with zero attached hydrogens (tertiary/aromatic N) is 2. The number of hydrogen-bond donors (Lipinski definition) is 1. The standard InChI is InChI=1S/C12H12FN3S/c13-11-2-1-9(6-14)5-10(11)7-17-12-3-4-15-8-16-12/h1-5,8H,6-7,14H2. The highest BCUT2D eigenvalue weighted by Gasteiger charge is 2.04. The topological polar surface area (TPSA) is 51.8 Å². The number of thioether (sulfide) groups is 1. The molecular weight excluding hydrogens is 237 g/mol. The van der Waals surface area contributed by atoms with Gasteiger partial charge in [0.1, 0.15) is 12.1 Å². The maximum Gasteiger partial charge on any atom is 0.127 e. The van der Waals surface area contributed by atoms with Crippen LogP contribution in [0.4, 0.5) is 4.39 Å². The highest BCUT2D eigenvalue weighted by molar-refractivity contribution is 7.98. The first-order valence-corrected chi connectivity index (χ1v) is 6.14. The van der Waals surface area contributed by atoms with Gasteiger partial charge in [-0.3, -0.25) is 0 Å². The molecule has 2 aromatic rings. The minimum atomic E-state index is -0.205. The third-order valence-corrected chi connectivity index (χ3v) is 3.27. The fraction of sp³-hybridized carbons (Fsp3) is 0.167. The molecule has 0 aliphatic carbocycles. The van der Waals surface area contributed by atoms with Crippen LogP contribution in [0.15, 0.2) is 41.8 Å². The Morgan fingerprint density at radius 2 is 2.18 bits per heavy atom. The zero-order valence-electron chi connectivity index (χ0n) is 9.14. The maximum atomic E-state index is 13.5. The van der Waals surface area contributed by atoms with E-state index in [2.05, 4.69) is 9.97 Å². The quantitative estimate of drug-likeness (QED) is 0.667. The lowest BCUT2D eigenvalue weighted by Crippen LogP contribution is -1.98. The Morgan fingerprint density at radius 1 is 1.29 bits per heavy atom. The summed E-state index contributed by atoms with van der Waals surface area (Å²) >= 11 is 1.47. The first-order valence-electron chi connectivity index (χ1n) is 5.16. The summed E-state index contributed by atoms with van der Waals surface area (Å²) in [6, 6.07) is 6.76. The van der Waals surface area contributed by atoms with E-state index in [1.807, 2.05) is 0 Å². The molecule has 3 nitrogen and oxygen atoms in total. The van der Waals surface area contributed by atoms with Crippen LogP contribution in [0.2, 0.25) is 0 Å². The molecule has 0 atom stereocenters. The van der Waals surface area contributed by atoms with Gasteiger partial charge in [0.2, 0.25) is 0 Å². The molecular formula is C12H12FN3S. The molecule has 0 saturated heterocycles. The van der Waals surface area contributed by atoms with Crippen LogP contribution >= 0.6 is 11.8 Å². The van der Waals surface area contributed by atoms with Crippen molar-refractivity contribution in [2.75, 3.05) is 0 Å². The van der Waals surface area contributed by atoms with Crippen molar-refractivity contribution in [2.45, 2.75) is 17.3 Å². The van der Waals surface area contributed by atoms with E-state index in [0.717, 1.165) is 10.6 Å². The summed E-state index contributed by atoms with van der Waals surface area (Å²) < 4.78 is 13.5. The minimum Gasteiger partial charge on any atom is -0.326 e. The zero-order chi connectivity index (χ0) is 12.1. The zero-order valence-corrected chi connectivity index (χ0v) is 9.95. The van der Waals surface area contributed by atoms with Crippen LogP contribution in [-0.2, 0) is 12.3 Å². The smallest absolute Gasteiger partial charge is 0.127 e.